The Bertz CT molecular complexity index is 1420. The number of nitrogens with one attached hydrogen (secondary N) is 2. The average Bonchev–Trinajstić information content (AvgIpc) is 3.28. The lowest BCUT2D eigenvalue weighted by atomic mass is 10.1. The van der Waals surface area contributed by atoms with E-state index in [0.29, 0.717) is 23.4 Å². The molecule has 12 heteroatoms. The number of ether oxygens (including phenoxy) is 2. The van der Waals surface area contributed by atoms with Crippen molar-refractivity contribution in [3.63, 3.8) is 0 Å². The van der Waals surface area contributed by atoms with E-state index < -0.39 is 23.8 Å². The van der Waals surface area contributed by atoms with E-state index >= 15 is 0 Å². The molecule has 4 N–H and O–H groups in total. The number of halogens is 1. The van der Waals surface area contributed by atoms with Gasteiger partial charge in [0.25, 0.3) is 11.8 Å². The Kier molecular flexibility index (Phi) is 12.0. The minimum atomic E-state index is -0.858. The quantitative estimate of drug-likeness (QED) is 0.300. The first kappa shape index (κ1) is 33.2. The van der Waals surface area contributed by atoms with Gasteiger partial charge in [0, 0.05) is 44.1 Å². The molecule has 0 bridgehead atoms. The fourth-order valence-electron chi connectivity index (χ4n) is 3.78. The number of aliphatic imine (C=N–C) groups is 2. The van der Waals surface area contributed by atoms with E-state index in [9.17, 15) is 18.8 Å². The van der Waals surface area contributed by atoms with Crippen molar-refractivity contribution in [1.82, 2.24) is 15.5 Å². The maximum Gasteiger partial charge on any atom is 0.322 e. The molecule has 3 rings (SSSR count). The van der Waals surface area contributed by atoms with E-state index in [0.717, 1.165) is 16.9 Å². The van der Waals surface area contributed by atoms with Crippen LogP contribution in [0, 0.1) is 12.7 Å². The molecule has 0 radical (unpaired) electrons. The van der Waals surface area contributed by atoms with Crippen LogP contribution < -0.4 is 21.1 Å². The van der Waals surface area contributed by atoms with Crippen LogP contribution in [0.2, 0.25) is 0 Å². The molecule has 0 saturated carbocycles. The first-order valence-electron chi connectivity index (χ1n) is 12.9. The van der Waals surface area contributed by atoms with Crippen molar-refractivity contribution in [1.29, 1.82) is 0 Å². The Morgan fingerprint density at radius 3 is 2.55 bits per heavy atom. The van der Waals surface area contributed by atoms with Crippen LogP contribution in [-0.4, -0.2) is 68.5 Å². The second-order valence-electron chi connectivity index (χ2n) is 9.46. The van der Waals surface area contributed by atoms with Crippen molar-refractivity contribution < 1.29 is 28.2 Å². The van der Waals surface area contributed by atoms with Crippen molar-refractivity contribution in [2.75, 3.05) is 27.8 Å². The summed E-state index contributed by atoms with van der Waals surface area (Å²) in [6.07, 6.45) is 7.42. The van der Waals surface area contributed by atoms with Gasteiger partial charge in [0.1, 0.15) is 18.2 Å². The van der Waals surface area contributed by atoms with Gasteiger partial charge in [0.05, 0.1) is 18.4 Å². The van der Waals surface area contributed by atoms with Crippen molar-refractivity contribution in [3.05, 3.63) is 88.9 Å². The van der Waals surface area contributed by atoms with Crippen LogP contribution in [0.25, 0.3) is 0 Å². The van der Waals surface area contributed by atoms with Gasteiger partial charge >= 0.3 is 6.03 Å². The lowest BCUT2D eigenvalue weighted by molar-refractivity contribution is -0.120. The lowest BCUT2D eigenvalue weighted by Crippen LogP contribution is -2.33. The molecular weight excluding hydrogens is 543 g/mol. The van der Waals surface area contributed by atoms with Gasteiger partial charge < -0.3 is 25.4 Å². The van der Waals surface area contributed by atoms with E-state index in [1.165, 1.54) is 18.1 Å². The van der Waals surface area contributed by atoms with Crippen LogP contribution in [0.5, 0.6) is 5.75 Å². The normalized spacial score (nSPS) is 17.0. The second-order valence-corrected chi connectivity index (χ2v) is 9.46. The lowest BCUT2D eigenvalue weighted by Gasteiger charge is -2.20. The van der Waals surface area contributed by atoms with Crippen molar-refractivity contribution in [2.45, 2.75) is 33.2 Å². The number of carbonyl (C=O) groups excluding carboxylic acids is 3. The Labute approximate surface area is 245 Å². The third-order valence-electron chi connectivity index (χ3n) is 6.00. The van der Waals surface area contributed by atoms with Gasteiger partial charge in [-0.15, -0.1) is 0 Å². The topological polar surface area (TPSA) is 148 Å². The van der Waals surface area contributed by atoms with Crippen molar-refractivity contribution >= 4 is 29.8 Å². The van der Waals surface area contributed by atoms with Crippen LogP contribution >= 0.6 is 0 Å². The summed E-state index contributed by atoms with van der Waals surface area (Å²) in [7, 11) is 4.54. The highest BCUT2D eigenvalue weighted by atomic mass is 19.1. The predicted octanol–water partition coefficient (Wildman–Crippen LogP) is 3.69. The molecule has 1 aromatic carbocycles. The monoisotopic (exact) mass is 580 g/mol. The summed E-state index contributed by atoms with van der Waals surface area (Å²) in [6, 6.07) is 1.77. The molecule has 42 heavy (non-hydrogen) atoms. The van der Waals surface area contributed by atoms with Gasteiger partial charge in [-0.3, -0.25) is 19.9 Å². The van der Waals surface area contributed by atoms with E-state index in [4.69, 9.17) is 15.2 Å². The average molecular weight is 581 g/mol. The molecule has 224 valence electrons. The Balaban J connectivity index is 0.000000347. The highest BCUT2D eigenvalue weighted by Crippen LogP contribution is 2.25. The summed E-state index contributed by atoms with van der Waals surface area (Å²) in [5, 5.41) is 4.69. The zero-order valence-electron chi connectivity index (χ0n) is 24.7. The summed E-state index contributed by atoms with van der Waals surface area (Å²) in [5.74, 6) is -0.758. The van der Waals surface area contributed by atoms with Gasteiger partial charge in [0.2, 0.25) is 0 Å². The number of hydrogen-bond donors (Lipinski definition) is 3. The largest absolute Gasteiger partial charge is 0.494 e. The van der Waals surface area contributed by atoms with E-state index in [2.05, 4.69) is 33.8 Å². The summed E-state index contributed by atoms with van der Waals surface area (Å²) in [5.41, 5.74) is 9.30. The summed E-state index contributed by atoms with van der Waals surface area (Å²) >= 11 is 0. The van der Waals surface area contributed by atoms with Crippen molar-refractivity contribution in [3.8, 4) is 5.75 Å². The van der Waals surface area contributed by atoms with Crippen LogP contribution in [0.3, 0.4) is 0 Å². The third kappa shape index (κ3) is 8.75. The molecule has 0 spiro atoms. The molecule has 2 aliphatic rings. The molecule has 2 aliphatic heterocycles. The summed E-state index contributed by atoms with van der Waals surface area (Å²) in [6.45, 7) is 13.0. The zero-order valence-corrected chi connectivity index (χ0v) is 24.7. The molecule has 11 nitrogen and oxygen atoms in total. The molecular formula is C30H37FN6O5. The first-order chi connectivity index (χ1) is 19.8. The molecule has 1 aromatic rings. The number of methoxy groups -OCH3 is 1. The molecule has 0 aliphatic carbocycles. The highest BCUT2D eigenvalue weighted by Gasteiger charge is 2.35. The minimum absolute atomic E-state index is 0.0688. The number of urea groups is 1. The van der Waals surface area contributed by atoms with Gasteiger partial charge in [0.15, 0.2) is 17.6 Å². The molecule has 4 amide bonds. The summed E-state index contributed by atoms with van der Waals surface area (Å²) < 4.78 is 24.2. The fraction of sp³-hybridized carbons (Fsp3) is 0.300. The highest BCUT2D eigenvalue weighted by molar-refractivity contribution is 6.05. The number of aryl methyl sites for hydroxylation is 1. The number of nitrogens with zero attached hydrogens (tertiary/aromatic N) is 3. The smallest absolute Gasteiger partial charge is 0.322 e. The number of hydrogen-bond acceptors (Lipinski definition) is 8. The third-order valence-corrected chi connectivity index (χ3v) is 6.00. The Morgan fingerprint density at radius 2 is 2.02 bits per heavy atom. The first-order valence-corrected chi connectivity index (χ1v) is 12.9. The number of rotatable bonds is 9. The number of carbonyl (C=O) groups is 3. The number of amides is 4. The van der Waals surface area contributed by atoms with Gasteiger partial charge in [-0.2, -0.15) is 0 Å². The van der Waals surface area contributed by atoms with Gasteiger partial charge in [-0.25, -0.2) is 14.2 Å². The standard InChI is InChI=1S/C19H23N5O3.C11H14FNO2/c1-5-13(9-21-12(4)20)7-11(3)22-15-8-16(27-10-14(15)6-2)17-18(25)24-19(26)23-17;1-7-5-6-8(15-4)10(12)9(7)11(14)13(2)3/h5-6,8-9,17H,2,4,7,10,20H2,1,3H3,(H2,23,24,25,26);5-6H,1-4H3/b13-5-,21-9-,22-11?;. The zero-order chi connectivity index (χ0) is 31.6. The molecule has 1 saturated heterocycles. The molecule has 1 atom stereocenters. The molecule has 2 heterocycles. The van der Waals surface area contributed by atoms with E-state index in [1.807, 2.05) is 19.9 Å². The maximum absolute atomic E-state index is 13.8. The molecule has 0 aromatic heterocycles. The maximum atomic E-state index is 13.8. The number of allylic oxidation sites excluding steroid dienone is 3. The molecule has 1 unspecified atom stereocenters. The number of benzene rings is 1. The predicted molar refractivity (Wildman–Crippen MR) is 161 cm³/mol. The van der Waals surface area contributed by atoms with E-state index in [1.54, 1.807) is 45.5 Å². The SMILES string of the molecule is C=CC1=C(N=C(C)CC(/C=N\C(=C)N)=C/C)C=C(C2NC(=O)NC2=O)OC1.COc1ccc(C)c(C(=O)N(C)C)c1F. The molecule has 1 fully saturated rings. The van der Waals surface area contributed by atoms with Crippen molar-refractivity contribution in [2.24, 2.45) is 15.7 Å². The number of nitrogens with two attached hydrogens (primary N) is 1. The van der Waals surface area contributed by atoms with Gasteiger partial charge in [-0.1, -0.05) is 31.4 Å². The van der Waals surface area contributed by atoms with E-state index in [-0.39, 0.29) is 29.6 Å². The summed E-state index contributed by atoms with van der Waals surface area (Å²) in [4.78, 5) is 44.8. The fourth-order valence-corrected chi connectivity index (χ4v) is 3.78. The second kappa shape index (κ2) is 15.1. The van der Waals surface area contributed by atoms with Crippen LogP contribution in [-0.2, 0) is 9.53 Å². The van der Waals surface area contributed by atoms with Crippen LogP contribution in [0.4, 0.5) is 9.18 Å². The number of imide groups is 1. The Morgan fingerprint density at radius 1 is 1.33 bits per heavy atom. The minimum Gasteiger partial charge on any atom is -0.494 e. The van der Waals surface area contributed by atoms with Crippen LogP contribution in [0.15, 0.2) is 81.9 Å². The van der Waals surface area contributed by atoms with Gasteiger partial charge in [-0.05, 0) is 38.0 Å². The Hall–Kier alpha value is -5.00. The van der Waals surface area contributed by atoms with Crippen LogP contribution in [0.1, 0.15) is 36.2 Å².